The van der Waals surface area contributed by atoms with Crippen molar-refractivity contribution in [3.05, 3.63) is 47.0 Å². The van der Waals surface area contributed by atoms with Crippen LogP contribution in [0.4, 0.5) is 0 Å². The van der Waals surface area contributed by atoms with E-state index in [1.807, 2.05) is 6.07 Å². The summed E-state index contributed by atoms with van der Waals surface area (Å²) >= 11 is 0. The lowest BCUT2D eigenvalue weighted by Gasteiger charge is -2.41. The molecule has 1 fully saturated rings. The molecule has 2 aromatic carbocycles. The monoisotopic (exact) mass is 492 g/mol. The average molecular weight is 493 g/mol. The predicted molar refractivity (Wildman–Crippen MR) is 123 cm³/mol. The van der Waals surface area contributed by atoms with Gasteiger partial charge in [0.2, 0.25) is 0 Å². The van der Waals surface area contributed by atoms with Crippen molar-refractivity contribution in [3.63, 3.8) is 0 Å². The lowest BCUT2D eigenvalue weighted by atomic mass is 9.67. The van der Waals surface area contributed by atoms with Gasteiger partial charge in [0, 0.05) is 5.92 Å². The summed E-state index contributed by atoms with van der Waals surface area (Å²) in [6, 6.07) is 8.43. The third-order valence-corrected chi connectivity index (χ3v) is 7.05. The lowest BCUT2D eigenvalue weighted by Crippen LogP contribution is -2.54. The van der Waals surface area contributed by atoms with Crippen LogP contribution in [0.3, 0.4) is 0 Å². The van der Waals surface area contributed by atoms with Crippen LogP contribution >= 0.6 is 0 Å². The summed E-state index contributed by atoms with van der Waals surface area (Å²) in [6.45, 7) is -0.413. The fourth-order valence-corrected chi connectivity index (χ4v) is 5.11. The van der Waals surface area contributed by atoms with E-state index in [0.717, 1.165) is 16.7 Å². The second-order valence-electron chi connectivity index (χ2n) is 9.00. The molecule has 10 heteroatoms. The summed E-state index contributed by atoms with van der Waals surface area (Å²) < 4.78 is 21.7. The zero-order valence-corrected chi connectivity index (χ0v) is 19.6. The first-order valence-electron chi connectivity index (χ1n) is 11.4. The van der Waals surface area contributed by atoms with Gasteiger partial charge in [-0.15, -0.1) is 0 Å². The molecule has 0 radical (unpaired) electrons. The van der Waals surface area contributed by atoms with Gasteiger partial charge in [-0.1, -0.05) is 6.07 Å². The number of benzene rings is 2. The van der Waals surface area contributed by atoms with Gasteiger partial charge in [0.25, 0.3) is 0 Å². The van der Waals surface area contributed by atoms with Crippen molar-refractivity contribution < 1.29 is 49.6 Å². The highest BCUT2D eigenvalue weighted by atomic mass is 16.7. The Balaban J connectivity index is 1.69. The van der Waals surface area contributed by atoms with Crippen LogP contribution in [0.2, 0.25) is 0 Å². The highest BCUT2D eigenvalue weighted by Gasteiger charge is 2.42. The van der Waals surface area contributed by atoms with Crippen molar-refractivity contribution in [1.29, 1.82) is 0 Å². The molecule has 6 N–H and O–H groups in total. The second-order valence-corrected chi connectivity index (χ2v) is 9.00. The third kappa shape index (κ3) is 4.90. The maximum Gasteiger partial charge on any atom is 0.186 e. The molecule has 2 unspecified atom stereocenters. The molecule has 0 aromatic heterocycles. The van der Waals surface area contributed by atoms with Crippen LogP contribution in [0.15, 0.2) is 30.3 Å². The van der Waals surface area contributed by atoms with Crippen LogP contribution < -0.4 is 9.47 Å². The van der Waals surface area contributed by atoms with Crippen molar-refractivity contribution in [2.45, 2.75) is 42.9 Å². The van der Waals surface area contributed by atoms with E-state index in [1.165, 1.54) is 14.2 Å². The number of fused-ring (bicyclic) bond motifs is 1. The molecule has 0 saturated carbocycles. The predicted octanol–water partition coefficient (Wildman–Crippen LogP) is 0.603. The molecular formula is C25H32O10. The van der Waals surface area contributed by atoms with Gasteiger partial charge in [0.05, 0.1) is 34.0 Å². The van der Waals surface area contributed by atoms with Crippen molar-refractivity contribution in [2.75, 3.05) is 34.0 Å². The van der Waals surface area contributed by atoms with E-state index < -0.39 is 30.5 Å². The zero-order chi connectivity index (χ0) is 25.3. The normalized spacial score (nSPS) is 30.5. The van der Waals surface area contributed by atoms with Crippen LogP contribution in [0.5, 0.6) is 23.0 Å². The van der Waals surface area contributed by atoms with Gasteiger partial charge in [0.1, 0.15) is 18.3 Å². The van der Waals surface area contributed by atoms with Crippen molar-refractivity contribution >= 4 is 0 Å². The Morgan fingerprint density at radius 3 is 2.31 bits per heavy atom. The summed E-state index contributed by atoms with van der Waals surface area (Å²) in [4.78, 5) is 0. The van der Waals surface area contributed by atoms with E-state index >= 15 is 0 Å². The number of ether oxygens (including phenoxy) is 4. The van der Waals surface area contributed by atoms with Crippen molar-refractivity contribution in [2.24, 2.45) is 5.92 Å². The maximum atomic E-state index is 10.4. The van der Waals surface area contributed by atoms with E-state index in [2.05, 4.69) is 0 Å². The fourth-order valence-electron chi connectivity index (χ4n) is 5.11. The molecule has 0 bridgehead atoms. The number of aliphatic hydroxyl groups is 4. The van der Waals surface area contributed by atoms with Crippen LogP contribution in [-0.2, 0) is 15.9 Å². The van der Waals surface area contributed by atoms with Crippen LogP contribution in [0.1, 0.15) is 28.5 Å². The summed E-state index contributed by atoms with van der Waals surface area (Å²) in [7, 11) is 2.92. The highest BCUT2D eigenvalue weighted by molar-refractivity contribution is 5.51. The summed E-state index contributed by atoms with van der Waals surface area (Å²) in [6.07, 6.45) is -4.74. The van der Waals surface area contributed by atoms with Gasteiger partial charge >= 0.3 is 0 Å². The second kappa shape index (κ2) is 10.6. The molecule has 0 spiro atoms. The first-order valence-corrected chi connectivity index (χ1v) is 11.4. The van der Waals surface area contributed by atoms with E-state index in [0.29, 0.717) is 17.9 Å². The number of aromatic hydroxyl groups is 2. The summed E-state index contributed by atoms with van der Waals surface area (Å²) in [5.74, 6) is -0.474. The molecule has 7 atom stereocenters. The number of phenols is 2. The Kier molecular flexibility index (Phi) is 7.70. The molecular weight excluding hydrogens is 460 g/mol. The fraction of sp³-hybridized carbons (Fsp3) is 0.520. The average Bonchev–Trinajstić information content (AvgIpc) is 2.85. The largest absolute Gasteiger partial charge is 0.504 e. The molecule has 2 aliphatic rings. The first kappa shape index (κ1) is 25.5. The zero-order valence-electron chi connectivity index (χ0n) is 19.6. The van der Waals surface area contributed by atoms with Crippen molar-refractivity contribution in [1.82, 2.24) is 0 Å². The number of aliphatic hydroxyl groups excluding tert-OH is 4. The van der Waals surface area contributed by atoms with Gasteiger partial charge in [-0.25, -0.2) is 0 Å². The maximum absolute atomic E-state index is 10.4. The number of methoxy groups -OCH3 is 2. The molecule has 1 aliphatic heterocycles. The van der Waals surface area contributed by atoms with E-state index in [1.54, 1.807) is 24.3 Å². The molecule has 1 saturated heterocycles. The van der Waals surface area contributed by atoms with E-state index in [9.17, 15) is 30.6 Å². The summed E-state index contributed by atoms with van der Waals surface area (Å²) in [5.41, 5.74) is 2.41. The van der Waals surface area contributed by atoms with Crippen LogP contribution in [0.25, 0.3) is 0 Å². The Bertz CT molecular complexity index is 1030. The molecule has 192 valence electrons. The molecule has 1 heterocycles. The SMILES string of the molecule is COc1ccc([C@@H]2Cc3cc(OC)c(O)cc3[C@H](CO)[C@@H]2COC2OCC(O)[C@@H](O)[C@H]2O)cc1O. The van der Waals surface area contributed by atoms with E-state index in [4.69, 9.17) is 18.9 Å². The molecule has 4 rings (SSSR count). The molecule has 35 heavy (non-hydrogen) atoms. The van der Waals surface area contributed by atoms with Gasteiger partial charge in [0.15, 0.2) is 29.3 Å². The molecule has 0 amide bonds. The topological polar surface area (TPSA) is 158 Å². The number of hydrogen-bond acceptors (Lipinski definition) is 10. The number of phenolic OH excluding ortho intramolecular Hbond substituents is 2. The Labute approximate surface area is 202 Å². The minimum Gasteiger partial charge on any atom is -0.504 e. The third-order valence-electron chi connectivity index (χ3n) is 7.05. The van der Waals surface area contributed by atoms with Crippen LogP contribution in [0, 0.1) is 5.92 Å². The molecule has 10 nitrogen and oxygen atoms in total. The quantitative estimate of drug-likeness (QED) is 0.323. The Morgan fingerprint density at radius 1 is 0.943 bits per heavy atom. The molecule has 1 aliphatic carbocycles. The van der Waals surface area contributed by atoms with Gasteiger partial charge < -0.3 is 49.6 Å². The van der Waals surface area contributed by atoms with Crippen molar-refractivity contribution in [3.8, 4) is 23.0 Å². The summed E-state index contributed by atoms with van der Waals surface area (Å²) in [5, 5.41) is 61.2. The first-order chi connectivity index (χ1) is 16.8. The highest BCUT2D eigenvalue weighted by Crippen LogP contribution is 2.48. The minimum absolute atomic E-state index is 0.0255. The van der Waals surface area contributed by atoms with Gasteiger partial charge in [-0.2, -0.15) is 0 Å². The minimum atomic E-state index is -1.45. The Hall–Kier alpha value is -2.60. The van der Waals surface area contributed by atoms with Crippen LogP contribution in [-0.4, -0.2) is 89.3 Å². The standard InChI is InChI=1S/C25H32O10/c1-32-21-4-3-12(6-18(21)27)14-5-13-7-22(33-2)19(28)8-15(13)16(9-26)17(14)10-34-25-24(31)23(30)20(29)11-35-25/h3-4,6-8,14,16-17,20,23-31H,5,9-11H2,1-2H3/t14-,16-,17+,20?,23+,24+,25?/m0/s1. The lowest BCUT2D eigenvalue weighted by molar-refractivity contribution is -0.273. The smallest absolute Gasteiger partial charge is 0.186 e. The molecule has 2 aromatic rings. The van der Waals surface area contributed by atoms with Gasteiger partial charge in [-0.05, 0) is 59.2 Å². The number of rotatable bonds is 7. The van der Waals surface area contributed by atoms with Gasteiger partial charge in [-0.3, -0.25) is 0 Å². The number of hydrogen-bond donors (Lipinski definition) is 6. The Morgan fingerprint density at radius 2 is 1.66 bits per heavy atom. The van der Waals surface area contributed by atoms with E-state index in [-0.39, 0.29) is 43.2 Å².